The van der Waals surface area contributed by atoms with E-state index in [1.807, 2.05) is 6.92 Å². The Balaban J connectivity index is -0.0000000886. The average Bonchev–Trinajstić information content (AvgIpc) is 2.80. The Morgan fingerprint density at radius 3 is 1.54 bits per heavy atom. The van der Waals surface area contributed by atoms with Gasteiger partial charge < -0.3 is 20.1 Å². The second-order valence-corrected chi connectivity index (χ2v) is 8.42. The van der Waals surface area contributed by atoms with Gasteiger partial charge in [-0.05, 0) is 43.9 Å². The van der Waals surface area contributed by atoms with E-state index in [0.717, 1.165) is 58.0 Å². The SMILES string of the molecule is [CH2-]C#CC(C)C(C)C#CCC.[CH2-]OCCC(C)C(C)CCOCC.[CH2-]OCCC(C)CC.[Y].[Y].[Y]. The summed E-state index contributed by atoms with van der Waals surface area (Å²) in [6, 6.07) is 0. The van der Waals surface area contributed by atoms with Crippen LogP contribution in [0.1, 0.15) is 87.5 Å². The molecule has 0 aliphatic rings. The van der Waals surface area contributed by atoms with Gasteiger partial charge in [0, 0.05) is 137 Å². The third kappa shape index (κ3) is 40.8. The van der Waals surface area contributed by atoms with E-state index in [-0.39, 0.29) is 98.1 Å². The molecule has 5 unspecified atom stereocenters. The Kier molecular flexibility index (Phi) is 58.2. The van der Waals surface area contributed by atoms with Crippen LogP contribution < -0.4 is 0 Å². The molecule has 0 bridgehead atoms. The summed E-state index contributed by atoms with van der Waals surface area (Å²) in [6.45, 7) is 23.9. The molecule has 3 radical (unpaired) electrons. The van der Waals surface area contributed by atoms with Gasteiger partial charge in [-0.3, -0.25) is 5.92 Å². The van der Waals surface area contributed by atoms with Crippen molar-refractivity contribution in [3.63, 3.8) is 0 Å². The molecule has 0 aromatic heterocycles. The molecule has 0 N–H and O–H groups in total. The van der Waals surface area contributed by atoms with Crippen LogP contribution in [0, 0.1) is 74.4 Å². The molecule has 3 nitrogen and oxygen atoms in total. The summed E-state index contributed by atoms with van der Waals surface area (Å²) in [7, 11) is 6.66. The van der Waals surface area contributed by atoms with Crippen molar-refractivity contribution in [3.05, 3.63) is 21.1 Å². The molecule has 0 saturated carbocycles. The summed E-state index contributed by atoms with van der Waals surface area (Å²) in [5.41, 5.74) is 0. The van der Waals surface area contributed by atoms with Crippen LogP contribution in [0.5, 0.6) is 0 Å². The normalized spacial score (nSPS) is 13.2. The van der Waals surface area contributed by atoms with Crippen molar-refractivity contribution in [2.75, 3.05) is 26.4 Å². The van der Waals surface area contributed by atoms with Gasteiger partial charge in [0.05, 0.1) is 0 Å². The standard InChI is InChI=1S/C11H23O2.C11H15.C7H15O.3Y/c1-5-13-9-7-11(3)10(2)6-8-12-4;1-5-7-9-11(4)10(3)8-6-2;1-4-7(2)5-6-8-3;;;/h10-11H,4-9H2,1-3H3;10-11H,2,5H2,1,3-4H3;7H,3-6H2,1-2H3;;;/q3*-1;;;. The molecule has 0 heterocycles. The largest absolute Gasteiger partial charge is 0.555 e. The van der Waals surface area contributed by atoms with Gasteiger partial charge in [-0.2, -0.15) is 6.92 Å². The van der Waals surface area contributed by atoms with Gasteiger partial charge in [-0.15, -0.1) is 11.8 Å². The molecule has 35 heavy (non-hydrogen) atoms. The van der Waals surface area contributed by atoms with Gasteiger partial charge in [-0.25, -0.2) is 14.2 Å². The molecular formula is C29H53O3Y3-3. The van der Waals surface area contributed by atoms with Gasteiger partial charge in [0.25, 0.3) is 0 Å². The van der Waals surface area contributed by atoms with E-state index in [1.165, 1.54) is 6.42 Å². The van der Waals surface area contributed by atoms with Gasteiger partial charge >= 0.3 is 0 Å². The number of rotatable bonds is 13. The summed E-state index contributed by atoms with van der Waals surface area (Å²) in [4.78, 5) is 0. The molecule has 0 aliphatic carbocycles. The zero-order chi connectivity index (χ0) is 25.2. The van der Waals surface area contributed by atoms with Gasteiger partial charge in [0.1, 0.15) is 0 Å². The predicted octanol–water partition coefficient (Wildman–Crippen LogP) is 7.62. The molecule has 0 aromatic carbocycles. The predicted molar refractivity (Wildman–Crippen MR) is 140 cm³/mol. The Hall–Kier alpha value is 2.18. The molecule has 0 aromatic rings. The van der Waals surface area contributed by atoms with Crippen molar-refractivity contribution in [1.82, 2.24) is 0 Å². The summed E-state index contributed by atoms with van der Waals surface area (Å²) in [5, 5.41) is 0. The third-order valence-electron chi connectivity index (χ3n) is 5.65. The third-order valence-corrected chi connectivity index (χ3v) is 5.65. The first kappa shape index (κ1) is 50.1. The molecule has 0 rings (SSSR count). The first-order valence-electron chi connectivity index (χ1n) is 12.3. The minimum atomic E-state index is 0. The van der Waals surface area contributed by atoms with E-state index in [2.05, 4.69) is 98.0 Å². The van der Waals surface area contributed by atoms with Gasteiger partial charge in [-0.1, -0.05) is 60.8 Å². The number of hydrogen-bond donors (Lipinski definition) is 0. The minimum Gasteiger partial charge on any atom is -0.555 e. The van der Waals surface area contributed by atoms with Crippen molar-refractivity contribution in [2.24, 2.45) is 29.6 Å². The van der Waals surface area contributed by atoms with E-state index in [4.69, 9.17) is 9.47 Å². The summed E-state index contributed by atoms with van der Waals surface area (Å²) >= 11 is 0. The van der Waals surface area contributed by atoms with E-state index in [0.29, 0.717) is 23.7 Å². The molecular weight excluding hydrogens is 663 g/mol. The van der Waals surface area contributed by atoms with E-state index >= 15 is 0 Å². The van der Waals surface area contributed by atoms with Crippen LogP contribution in [0.4, 0.5) is 0 Å². The maximum atomic E-state index is 5.32. The molecule has 0 aliphatic heterocycles. The fourth-order valence-corrected chi connectivity index (χ4v) is 2.41. The van der Waals surface area contributed by atoms with Crippen molar-refractivity contribution >= 4 is 0 Å². The fraction of sp³-hybridized carbons (Fsp3) is 0.759. The molecule has 0 fully saturated rings. The fourth-order valence-electron chi connectivity index (χ4n) is 2.41. The van der Waals surface area contributed by atoms with Crippen molar-refractivity contribution in [2.45, 2.75) is 87.5 Å². The first-order chi connectivity index (χ1) is 15.2. The van der Waals surface area contributed by atoms with Crippen molar-refractivity contribution in [1.29, 1.82) is 0 Å². The van der Waals surface area contributed by atoms with E-state index in [9.17, 15) is 0 Å². The van der Waals surface area contributed by atoms with Crippen LogP contribution in [0.3, 0.4) is 0 Å². The maximum Gasteiger partial charge on any atom is 0.0468 e. The molecule has 6 heteroatoms. The topological polar surface area (TPSA) is 27.7 Å². The van der Waals surface area contributed by atoms with Crippen LogP contribution in [0.15, 0.2) is 0 Å². The van der Waals surface area contributed by atoms with E-state index in [1.54, 1.807) is 0 Å². The zero-order valence-corrected chi connectivity index (χ0v) is 32.8. The summed E-state index contributed by atoms with van der Waals surface area (Å²) in [6.07, 6.45) is 5.54. The number of ether oxygens (including phenoxy) is 3. The molecule has 0 saturated heterocycles. The monoisotopic (exact) mass is 716 g/mol. The number of hydrogen-bond acceptors (Lipinski definition) is 3. The van der Waals surface area contributed by atoms with Gasteiger partial charge in [0.15, 0.2) is 0 Å². The Labute approximate surface area is 296 Å². The first-order valence-corrected chi connectivity index (χ1v) is 12.3. The van der Waals surface area contributed by atoms with Crippen LogP contribution in [-0.4, -0.2) is 26.4 Å². The minimum absolute atomic E-state index is 0. The Morgan fingerprint density at radius 2 is 1.14 bits per heavy atom. The zero-order valence-electron chi connectivity index (χ0n) is 24.3. The van der Waals surface area contributed by atoms with Crippen molar-refractivity contribution in [3.8, 4) is 23.7 Å². The van der Waals surface area contributed by atoms with Gasteiger partial charge in [0.2, 0.25) is 0 Å². The van der Waals surface area contributed by atoms with Crippen LogP contribution in [0.2, 0.25) is 0 Å². The second-order valence-electron chi connectivity index (χ2n) is 8.42. The smallest absolute Gasteiger partial charge is 0.0468 e. The van der Waals surface area contributed by atoms with Crippen LogP contribution in [0.25, 0.3) is 0 Å². The van der Waals surface area contributed by atoms with E-state index < -0.39 is 0 Å². The Morgan fingerprint density at radius 1 is 0.686 bits per heavy atom. The quantitative estimate of drug-likeness (QED) is 0.112. The average molecular weight is 716 g/mol. The molecule has 199 valence electrons. The summed E-state index contributed by atoms with van der Waals surface area (Å²) in [5.74, 6) is 14.7. The maximum absolute atomic E-state index is 5.32. The second kappa shape index (κ2) is 40.7. The van der Waals surface area contributed by atoms with Crippen molar-refractivity contribution < 1.29 is 112 Å². The molecule has 0 amide bonds. The summed E-state index contributed by atoms with van der Waals surface area (Å²) < 4.78 is 14.8. The van der Waals surface area contributed by atoms with Crippen LogP contribution in [-0.2, 0) is 112 Å². The Bertz CT molecular complexity index is 495. The molecule has 5 atom stereocenters. The van der Waals surface area contributed by atoms with Crippen LogP contribution >= 0.6 is 0 Å². The molecule has 0 spiro atoms.